The molecule has 1 saturated carbocycles. The smallest absolute Gasteiger partial charge is 0.157 e. The highest BCUT2D eigenvalue weighted by molar-refractivity contribution is 5.99. The van der Waals surface area contributed by atoms with Gasteiger partial charge in [0, 0.05) is 24.0 Å². The number of hydrogen-bond acceptors (Lipinski definition) is 4. The molecule has 2 aliphatic rings. The second kappa shape index (κ2) is 2.97. The molecule has 1 aliphatic heterocycles. The molecule has 0 atom stereocenters. The number of amidine groups is 1. The van der Waals surface area contributed by atoms with Gasteiger partial charge < -0.3 is 4.90 Å². The molecule has 4 heteroatoms. The van der Waals surface area contributed by atoms with E-state index in [0.717, 1.165) is 18.1 Å². The molecule has 3 rings (SSSR count). The monoisotopic (exact) mass is 188 g/mol. The molecule has 0 aromatic carbocycles. The van der Waals surface area contributed by atoms with Crippen LogP contribution in [-0.4, -0.2) is 28.4 Å². The average Bonchev–Trinajstić information content (AvgIpc) is 2.98. The van der Waals surface area contributed by atoms with Gasteiger partial charge in [-0.2, -0.15) is 5.10 Å². The van der Waals surface area contributed by atoms with E-state index in [-0.39, 0.29) is 0 Å². The number of pyridine rings is 1. The van der Waals surface area contributed by atoms with Gasteiger partial charge in [-0.15, -0.1) is 0 Å². The lowest BCUT2D eigenvalue weighted by atomic mass is 10.2. The molecule has 4 nitrogen and oxygen atoms in total. The molecule has 72 valence electrons. The fourth-order valence-electron chi connectivity index (χ4n) is 1.75. The van der Waals surface area contributed by atoms with Gasteiger partial charge in [-0.25, -0.2) is 0 Å². The van der Waals surface area contributed by atoms with Gasteiger partial charge in [0.1, 0.15) is 6.67 Å². The van der Waals surface area contributed by atoms with Gasteiger partial charge in [-0.05, 0) is 25.0 Å². The summed E-state index contributed by atoms with van der Waals surface area (Å²) in [5, 5.41) is 4.31. The maximum atomic E-state index is 4.31. The number of aromatic nitrogens is 1. The molecule has 1 aromatic heterocycles. The summed E-state index contributed by atoms with van der Waals surface area (Å²) in [6.45, 7) is 0.850. The van der Waals surface area contributed by atoms with Crippen LogP contribution in [0.5, 0.6) is 0 Å². The first-order valence-corrected chi connectivity index (χ1v) is 4.93. The second-order valence-corrected chi connectivity index (χ2v) is 3.69. The first-order valence-electron chi connectivity index (χ1n) is 4.93. The van der Waals surface area contributed by atoms with E-state index in [1.54, 1.807) is 12.4 Å². The molecule has 14 heavy (non-hydrogen) atoms. The third-order valence-corrected chi connectivity index (χ3v) is 2.62. The molecule has 1 aliphatic carbocycles. The van der Waals surface area contributed by atoms with E-state index in [4.69, 9.17) is 0 Å². The maximum absolute atomic E-state index is 4.31. The Morgan fingerprint density at radius 1 is 1.29 bits per heavy atom. The molecule has 1 aromatic rings. The van der Waals surface area contributed by atoms with Crippen LogP contribution in [0, 0.1) is 0 Å². The molecule has 1 fully saturated rings. The highest BCUT2D eigenvalue weighted by Gasteiger charge is 2.33. The van der Waals surface area contributed by atoms with Gasteiger partial charge >= 0.3 is 0 Å². The highest BCUT2D eigenvalue weighted by atomic mass is 15.5. The van der Waals surface area contributed by atoms with E-state index in [9.17, 15) is 0 Å². The molecule has 0 saturated heterocycles. The molecule has 0 amide bonds. The molecular formula is C10H12N4. The molecule has 2 heterocycles. The van der Waals surface area contributed by atoms with Crippen molar-refractivity contribution in [2.24, 2.45) is 5.10 Å². The van der Waals surface area contributed by atoms with Crippen molar-refractivity contribution in [2.45, 2.75) is 18.9 Å². The molecule has 0 spiro atoms. The van der Waals surface area contributed by atoms with Crippen molar-refractivity contribution in [1.82, 2.24) is 15.3 Å². The highest BCUT2D eigenvalue weighted by Crippen LogP contribution is 2.29. The van der Waals surface area contributed by atoms with E-state index in [0.29, 0.717) is 6.04 Å². The van der Waals surface area contributed by atoms with Gasteiger partial charge in [0.15, 0.2) is 5.84 Å². The zero-order valence-corrected chi connectivity index (χ0v) is 7.85. The van der Waals surface area contributed by atoms with E-state index < -0.39 is 0 Å². The average molecular weight is 188 g/mol. The minimum atomic E-state index is 0.705. The molecule has 1 N–H and O–H groups in total. The summed E-state index contributed by atoms with van der Waals surface area (Å²) in [7, 11) is 0. The van der Waals surface area contributed by atoms with Crippen LogP contribution in [0.1, 0.15) is 18.4 Å². The minimum Gasteiger partial charge on any atom is -0.333 e. The SMILES string of the molecule is c1cc(C2=NNCN2C2CC2)ccn1. The normalized spacial score (nSPS) is 20.6. The lowest BCUT2D eigenvalue weighted by molar-refractivity contribution is 0.416. The Balaban J connectivity index is 1.90. The summed E-state index contributed by atoms with van der Waals surface area (Å²) < 4.78 is 0. The number of nitrogens with zero attached hydrogens (tertiary/aromatic N) is 3. The Morgan fingerprint density at radius 2 is 2.07 bits per heavy atom. The van der Waals surface area contributed by atoms with Gasteiger partial charge in [-0.1, -0.05) is 0 Å². The van der Waals surface area contributed by atoms with Gasteiger partial charge in [0.05, 0.1) is 0 Å². The number of hydrogen-bond donors (Lipinski definition) is 1. The topological polar surface area (TPSA) is 40.5 Å². The van der Waals surface area contributed by atoms with Gasteiger partial charge in [0.25, 0.3) is 0 Å². The Hall–Kier alpha value is -1.58. The Morgan fingerprint density at radius 3 is 2.79 bits per heavy atom. The van der Waals surface area contributed by atoms with Crippen molar-refractivity contribution in [1.29, 1.82) is 0 Å². The summed E-state index contributed by atoms with van der Waals surface area (Å²) in [4.78, 5) is 6.34. The van der Waals surface area contributed by atoms with Crippen LogP contribution in [0.25, 0.3) is 0 Å². The third kappa shape index (κ3) is 1.23. The zero-order valence-electron chi connectivity index (χ0n) is 7.85. The van der Waals surface area contributed by atoms with Crippen molar-refractivity contribution in [2.75, 3.05) is 6.67 Å². The van der Waals surface area contributed by atoms with E-state index >= 15 is 0 Å². The third-order valence-electron chi connectivity index (χ3n) is 2.62. The fraction of sp³-hybridized carbons (Fsp3) is 0.400. The van der Waals surface area contributed by atoms with Crippen molar-refractivity contribution >= 4 is 5.84 Å². The summed E-state index contributed by atoms with van der Waals surface area (Å²) >= 11 is 0. The minimum absolute atomic E-state index is 0.705. The Labute approximate surface area is 82.6 Å². The first kappa shape index (κ1) is 7.79. The van der Waals surface area contributed by atoms with Crippen LogP contribution in [0.4, 0.5) is 0 Å². The van der Waals surface area contributed by atoms with Crippen molar-refractivity contribution < 1.29 is 0 Å². The van der Waals surface area contributed by atoms with Crippen LogP contribution in [0.3, 0.4) is 0 Å². The molecule has 0 unspecified atom stereocenters. The summed E-state index contributed by atoms with van der Waals surface area (Å²) in [5.41, 5.74) is 4.19. The largest absolute Gasteiger partial charge is 0.333 e. The van der Waals surface area contributed by atoms with Gasteiger partial charge in [0.2, 0.25) is 0 Å². The predicted octanol–water partition coefficient (Wildman–Crippen LogP) is 0.768. The molecular weight excluding hydrogens is 176 g/mol. The standard InChI is InChI=1S/C10H12N4/c1-2-9(1)14-7-12-13-10(14)8-3-5-11-6-4-8/h3-6,9,12H,1-2,7H2. The summed E-state index contributed by atoms with van der Waals surface area (Å²) in [6, 6.07) is 4.71. The number of hydrazone groups is 1. The lowest BCUT2D eigenvalue weighted by Gasteiger charge is -2.17. The van der Waals surface area contributed by atoms with Crippen LogP contribution in [0.2, 0.25) is 0 Å². The molecule has 0 bridgehead atoms. The van der Waals surface area contributed by atoms with Crippen LogP contribution < -0.4 is 5.43 Å². The Bertz CT molecular complexity index is 356. The fourth-order valence-corrected chi connectivity index (χ4v) is 1.75. The van der Waals surface area contributed by atoms with E-state index in [1.165, 1.54) is 12.8 Å². The van der Waals surface area contributed by atoms with Gasteiger partial charge in [-0.3, -0.25) is 10.4 Å². The Kier molecular flexibility index (Phi) is 1.65. The van der Waals surface area contributed by atoms with Crippen molar-refractivity contribution in [3.05, 3.63) is 30.1 Å². The van der Waals surface area contributed by atoms with Crippen molar-refractivity contribution in [3.8, 4) is 0 Å². The van der Waals surface area contributed by atoms with E-state index in [1.807, 2.05) is 12.1 Å². The van der Waals surface area contributed by atoms with Crippen molar-refractivity contribution in [3.63, 3.8) is 0 Å². The first-order chi connectivity index (χ1) is 6.95. The summed E-state index contributed by atoms with van der Waals surface area (Å²) in [5.74, 6) is 1.06. The van der Waals surface area contributed by atoms with Crippen LogP contribution in [0.15, 0.2) is 29.6 Å². The lowest BCUT2D eigenvalue weighted by Crippen LogP contribution is -2.32. The number of rotatable bonds is 2. The second-order valence-electron chi connectivity index (χ2n) is 3.69. The maximum Gasteiger partial charge on any atom is 0.157 e. The predicted molar refractivity (Wildman–Crippen MR) is 53.6 cm³/mol. The quantitative estimate of drug-likeness (QED) is 0.745. The molecule has 0 radical (unpaired) electrons. The van der Waals surface area contributed by atoms with Crippen LogP contribution >= 0.6 is 0 Å². The van der Waals surface area contributed by atoms with Crippen LogP contribution in [-0.2, 0) is 0 Å². The number of nitrogens with one attached hydrogen (secondary N) is 1. The van der Waals surface area contributed by atoms with E-state index in [2.05, 4.69) is 20.4 Å². The summed E-state index contributed by atoms with van der Waals surface area (Å²) in [6.07, 6.45) is 6.21. The zero-order chi connectivity index (χ0) is 9.38.